The number of carbonyl (C=O) groups is 1. The first-order valence-electron chi connectivity index (χ1n) is 10.7. The van der Waals surface area contributed by atoms with Crippen molar-refractivity contribution >= 4 is 40.1 Å². The molecular weight excluding hydrogens is 420 g/mol. The lowest BCUT2D eigenvalue weighted by Gasteiger charge is -2.14. The molecular formula is C26H26N2O3S. The van der Waals surface area contributed by atoms with Crippen LogP contribution in [0.4, 0.5) is 0 Å². The molecule has 32 heavy (non-hydrogen) atoms. The Labute approximate surface area is 193 Å². The average molecular weight is 447 g/mol. The van der Waals surface area contributed by atoms with Gasteiger partial charge in [0.1, 0.15) is 12.3 Å². The van der Waals surface area contributed by atoms with Crippen LogP contribution < -0.4 is 9.47 Å². The fraction of sp³-hybridized carbons (Fsp3) is 0.231. The number of amides is 1. The predicted octanol–water partition coefficient (Wildman–Crippen LogP) is 5.24. The fourth-order valence-electron chi connectivity index (χ4n) is 3.74. The van der Waals surface area contributed by atoms with Gasteiger partial charge < -0.3 is 14.4 Å². The molecule has 0 bridgehead atoms. The minimum Gasteiger partial charge on any atom is -0.490 e. The molecule has 0 N–H and O–H groups in total. The van der Waals surface area contributed by atoms with E-state index in [1.807, 2.05) is 57.3 Å². The van der Waals surface area contributed by atoms with Crippen molar-refractivity contribution in [2.45, 2.75) is 20.5 Å². The lowest BCUT2D eigenvalue weighted by molar-refractivity contribution is -0.122. The summed E-state index contributed by atoms with van der Waals surface area (Å²) in [4.78, 5) is 16.0. The molecule has 0 aliphatic carbocycles. The summed E-state index contributed by atoms with van der Waals surface area (Å²) in [6, 6.07) is 20.3. The molecule has 1 aliphatic rings. The van der Waals surface area contributed by atoms with Gasteiger partial charge in [0, 0.05) is 13.6 Å². The zero-order valence-corrected chi connectivity index (χ0v) is 19.3. The third-order valence-corrected chi connectivity index (χ3v) is 5.93. The maximum Gasteiger partial charge on any atom is 0.276 e. The monoisotopic (exact) mass is 446 g/mol. The molecule has 1 fully saturated rings. The van der Waals surface area contributed by atoms with E-state index in [9.17, 15) is 4.79 Å². The predicted molar refractivity (Wildman–Crippen MR) is 132 cm³/mol. The molecule has 0 saturated carbocycles. The molecule has 1 saturated heterocycles. The van der Waals surface area contributed by atoms with E-state index in [0.29, 0.717) is 42.1 Å². The second kappa shape index (κ2) is 9.40. The van der Waals surface area contributed by atoms with Crippen LogP contribution in [0.1, 0.15) is 25.0 Å². The molecule has 5 nitrogen and oxygen atoms in total. The first-order chi connectivity index (χ1) is 15.5. The van der Waals surface area contributed by atoms with Gasteiger partial charge >= 0.3 is 0 Å². The van der Waals surface area contributed by atoms with Crippen LogP contribution in [0.15, 0.2) is 66.4 Å². The Morgan fingerprint density at radius 2 is 1.72 bits per heavy atom. The third kappa shape index (κ3) is 4.32. The molecule has 1 heterocycles. The minimum atomic E-state index is -0.0883. The Kier molecular flexibility index (Phi) is 6.42. The zero-order chi connectivity index (χ0) is 22.7. The summed E-state index contributed by atoms with van der Waals surface area (Å²) in [5.41, 5.74) is 2.48. The number of ether oxygens (including phenoxy) is 2. The van der Waals surface area contributed by atoms with E-state index in [4.69, 9.17) is 21.7 Å². The summed E-state index contributed by atoms with van der Waals surface area (Å²) in [6.07, 6.45) is 1.83. The van der Waals surface area contributed by atoms with Crippen molar-refractivity contribution in [2.24, 2.45) is 0 Å². The Balaban J connectivity index is 1.56. The molecule has 4 rings (SSSR count). The third-order valence-electron chi connectivity index (χ3n) is 5.44. The second-order valence-corrected chi connectivity index (χ2v) is 7.90. The van der Waals surface area contributed by atoms with E-state index in [1.54, 1.807) is 9.80 Å². The summed E-state index contributed by atoms with van der Waals surface area (Å²) in [5, 5.41) is 2.91. The van der Waals surface area contributed by atoms with Crippen LogP contribution in [0.25, 0.3) is 16.8 Å². The summed E-state index contributed by atoms with van der Waals surface area (Å²) < 4.78 is 11.9. The molecule has 3 aromatic rings. The van der Waals surface area contributed by atoms with E-state index < -0.39 is 0 Å². The molecule has 0 radical (unpaired) electrons. The number of hydrogen-bond donors (Lipinski definition) is 0. The molecule has 1 amide bonds. The van der Waals surface area contributed by atoms with Crippen LogP contribution in [0.5, 0.6) is 11.5 Å². The van der Waals surface area contributed by atoms with Gasteiger partial charge in [-0.25, -0.2) is 0 Å². The number of hydrogen-bond acceptors (Lipinski definition) is 4. The standard InChI is InChI=1S/C26H26N2O3S/c1-4-28-25(29)22(27(3)26(28)32)15-18-11-13-23(24(16-18)30-5-2)31-17-19-10-12-20-8-6-7-9-21(20)14-19/h6-16H,4-5,17H2,1-3H3/b22-15-. The summed E-state index contributed by atoms with van der Waals surface area (Å²) >= 11 is 5.38. The Hall–Kier alpha value is -3.38. The molecule has 0 atom stereocenters. The van der Waals surface area contributed by atoms with Gasteiger partial charge in [-0.15, -0.1) is 0 Å². The number of likely N-dealkylation sites (N-methyl/N-ethyl adjacent to an activating group) is 2. The fourth-order valence-corrected chi connectivity index (χ4v) is 4.05. The van der Waals surface area contributed by atoms with Gasteiger partial charge in [-0.05, 0) is 72.2 Å². The van der Waals surface area contributed by atoms with Crippen molar-refractivity contribution in [1.82, 2.24) is 9.80 Å². The lowest BCUT2D eigenvalue weighted by Crippen LogP contribution is -2.30. The highest BCUT2D eigenvalue weighted by molar-refractivity contribution is 7.80. The van der Waals surface area contributed by atoms with E-state index in [-0.39, 0.29) is 5.91 Å². The molecule has 164 valence electrons. The van der Waals surface area contributed by atoms with E-state index >= 15 is 0 Å². The summed E-state index contributed by atoms with van der Waals surface area (Å²) in [6.45, 7) is 5.34. The van der Waals surface area contributed by atoms with E-state index in [1.165, 1.54) is 10.8 Å². The highest BCUT2D eigenvalue weighted by Gasteiger charge is 2.34. The highest BCUT2D eigenvalue weighted by Crippen LogP contribution is 2.31. The number of benzene rings is 3. The quantitative estimate of drug-likeness (QED) is 0.367. The van der Waals surface area contributed by atoms with Crippen molar-refractivity contribution < 1.29 is 14.3 Å². The van der Waals surface area contributed by atoms with Crippen LogP contribution in [-0.4, -0.2) is 41.0 Å². The maximum atomic E-state index is 12.7. The zero-order valence-electron chi connectivity index (χ0n) is 18.5. The van der Waals surface area contributed by atoms with Crippen LogP contribution in [0, 0.1) is 0 Å². The Morgan fingerprint density at radius 1 is 0.938 bits per heavy atom. The Bertz CT molecular complexity index is 1200. The summed E-state index contributed by atoms with van der Waals surface area (Å²) in [7, 11) is 1.81. The molecule has 0 unspecified atom stereocenters. The van der Waals surface area contributed by atoms with Gasteiger partial charge in [-0.2, -0.15) is 0 Å². The maximum absolute atomic E-state index is 12.7. The van der Waals surface area contributed by atoms with E-state index in [2.05, 4.69) is 30.3 Å². The van der Waals surface area contributed by atoms with Gasteiger partial charge in [0.25, 0.3) is 5.91 Å². The van der Waals surface area contributed by atoms with Crippen LogP contribution in [0.2, 0.25) is 0 Å². The van der Waals surface area contributed by atoms with Crippen molar-refractivity contribution in [3.8, 4) is 11.5 Å². The Morgan fingerprint density at radius 3 is 2.44 bits per heavy atom. The van der Waals surface area contributed by atoms with E-state index in [0.717, 1.165) is 11.1 Å². The van der Waals surface area contributed by atoms with Crippen LogP contribution in [-0.2, 0) is 11.4 Å². The van der Waals surface area contributed by atoms with Crippen molar-refractivity contribution in [3.05, 3.63) is 77.5 Å². The van der Waals surface area contributed by atoms with Gasteiger partial charge in [0.2, 0.25) is 0 Å². The van der Waals surface area contributed by atoms with Crippen LogP contribution >= 0.6 is 12.2 Å². The van der Waals surface area contributed by atoms with Crippen molar-refractivity contribution in [2.75, 3.05) is 20.2 Å². The number of fused-ring (bicyclic) bond motifs is 1. The average Bonchev–Trinajstić information content (AvgIpc) is 3.01. The van der Waals surface area contributed by atoms with Gasteiger partial charge in [-0.3, -0.25) is 9.69 Å². The summed E-state index contributed by atoms with van der Waals surface area (Å²) in [5.74, 6) is 1.22. The van der Waals surface area contributed by atoms with Gasteiger partial charge in [0.05, 0.1) is 6.61 Å². The SMILES string of the molecule is CCOc1cc(/C=C2/C(=O)N(CC)C(=S)N2C)ccc1OCc1ccc2ccccc2c1. The number of thiocarbonyl (C=S) groups is 1. The lowest BCUT2D eigenvalue weighted by atomic mass is 10.1. The topological polar surface area (TPSA) is 42.0 Å². The normalized spacial score (nSPS) is 15.2. The number of rotatable bonds is 7. The minimum absolute atomic E-state index is 0.0883. The van der Waals surface area contributed by atoms with Gasteiger partial charge in [-0.1, -0.05) is 42.5 Å². The first kappa shape index (κ1) is 21.8. The molecule has 0 aromatic heterocycles. The number of nitrogens with zero attached hydrogens (tertiary/aromatic N) is 2. The van der Waals surface area contributed by atoms with Crippen molar-refractivity contribution in [3.63, 3.8) is 0 Å². The van der Waals surface area contributed by atoms with Crippen molar-refractivity contribution in [1.29, 1.82) is 0 Å². The van der Waals surface area contributed by atoms with Crippen LogP contribution in [0.3, 0.4) is 0 Å². The molecule has 0 spiro atoms. The molecule has 1 aliphatic heterocycles. The second-order valence-electron chi connectivity index (χ2n) is 7.53. The number of carbonyl (C=O) groups excluding carboxylic acids is 1. The first-order valence-corrected chi connectivity index (χ1v) is 11.1. The smallest absolute Gasteiger partial charge is 0.276 e. The highest BCUT2D eigenvalue weighted by atomic mass is 32.1. The van der Waals surface area contributed by atoms with Gasteiger partial charge in [0.15, 0.2) is 16.6 Å². The largest absolute Gasteiger partial charge is 0.490 e. The molecule has 6 heteroatoms. The molecule has 3 aromatic carbocycles.